The van der Waals surface area contributed by atoms with Crippen LogP contribution in [0.3, 0.4) is 0 Å². The van der Waals surface area contributed by atoms with Crippen LogP contribution < -0.4 is 5.32 Å². The van der Waals surface area contributed by atoms with E-state index in [2.05, 4.69) is 45.3 Å². The number of nitrogens with zero attached hydrogens (tertiary/aromatic N) is 1. The fraction of sp³-hybridized carbons (Fsp3) is 0.833. The summed E-state index contributed by atoms with van der Waals surface area (Å²) < 4.78 is 0. The summed E-state index contributed by atoms with van der Waals surface area (Å²) in [5.41, 5.74) is 1.41. The van der Waals surface area contributed by atoms with Crippen LogP contribution in [0.25, 0.3) is 0 Å². The highest BCUT2D eigenvalue weighted by molar-refractivity contribution is 7.09. The second kappa shape index (κ2) is 7.23. The van der Waals surface area contributed by atoms with Gasteiger partial charge in [0.05, 0.1) is 10.7 Å². The number of aromatic nitrogens is 1. The third-order valence-electron chi connectivity index (χ3n) is 4.81. The molecule has 0 bridgehead atoms. The van der Waals surface area contributed by atoms with Gasteiger partial charge in [0.15, 0.2) is 0 Å². The van der Waals surface area contributed by atoms with Gasteiger partial charge >= 0.3 is 0 Å². The lowest BCUT2D eigenvalue weighted by atomic mass is 9.78. The molecule has 1 atom stereocenters. The van der Waals surface area contributed by atoms with E-state index >= 15 is 0 Å². The van der Waals surface area contributed by atoms with Crippen LogP contribution in [0.1, 0.15) is 71.0 Å². The number of hydrogen-bond donors (Lipinski definition) is 1. The summed E-state index contributed by atoms with van der Waals surface area (Å²) in [5, 5.41) is 7.29. The molecule has 1 aromatic rings. The molecule has 120 valence electrons. The maximum atomic E-state index is 4.89. The number of likely N-dealkylation sites (N-methyl/N-ethyl adjacent to an activating group) is 1. The molecule has 1 unspecified atom stereocenters. The van der Waals surface area contributed by atoms with Crippen LogP contribution in [0.4, 0.5) is 0 Å². The Morgan fingerprint density at radius 1 is 1.29 bits per heavy atom. The Labute approximate surface area is 134 Å². The lowest BCUT2D eigenvalue weighted by molar-refractivity contribution is 0.230. The summed E-state index contributed by atoms with van der Waals surface area (Å²) in [6.07, 6.45) is 6.68. The fourth-order valence-corrected chi connectivity index (χ4v) is 4.37. The Balaban J connectivity index is 2.00. The Bertz CT molecular complexity index is 425. The molecule has 2 rings (SSSR count). The Morgan fingerprint density at radius 2 is 1.95 bits per heavy atom. The molecule has 1 fully saturated rings. The molecule has 0 aromatic carbocycles. The van der Waals surface area contributed by atoms with Crippen molar-refractivity contribution in [3.05, 3.63) is 16.1 Å². The molecule has 3 heteroatoms. The van der Waals surface area contributed by atoms with Gasteiger partial charge in [0, 0.05) is 23.3 Å². The molecule has 1 aliphatic rings. The molecule has 21 heavy (non-hydrogen) atoms. The summed E-state index contributed by atoms with van der Waals surface area (Å²) in [6, 6.07) is 0.612. The molecule has 1 aromatic heterocycles. The van der Waals surface area contributed by atoms with Crippen molar-refractivity contribution >= 4 is 11.3 Å². The monoisotopic (exact) mass is 308 g/mol. The zero-order chi connectivity index (χ0) is 15.5. The maximum Gasteiger partial charge on any atom is 0.0944 e. The van der Waals surface area contributed by atoms with E-state index in [-0.39, 0.29) is 5.41 Å². The van der Waals surface area contributed by atoms with Gasteiger partial charge in [-0.1, -0.05) is 47.5 Å². The first kappa shape index (κ1) is 17.0. The zero-order valence-corrected chi connectivity index (χ0v) is 15.2. The largest absolute Gasteiger partial charge is 0.314 e. The highest BCUT2D eigenvalue weighted by Gasteiger charge is 2.27. The van der Waals surface area contributed by atoms with Gasteiger partial charge in [-0.05, 0) is 31.2 Å². The smallest absolute Gasteiger partial charge is 0.0944 e. The Hall–Kier alpha value is -0.410. The van der Waals surface area contributed by atoms with E-state index in [0.717, 1.165) is 24.8 Å². The van der Waals surface area contributed by atoms with Gasteiger partial charge in [-0.15, -0.1) is 11.3 Å². The summed E-state index contributed by atoms with van der Waals surface area (Å²) in [4.78, 5) is 4.89. The standard InChI is InChI=1S/C18H32N2S/c1-6-19-15(14-9-7-13(2)8-10-14)11-17-20-16(12-21-17)18(3,4)5/h12-15,19H,6-11H2,1-5H3. The molecular formula is C18H32N2S. The van der Waals surface area contributed by atoms with Crippen LogP contribution in [0.2, 0.25) is 0 Å². The van der Waals surface area contributed by atoms with Crippen molar-refractivity contribution in [3.63, 3.8) is 0 Å². The summed E-state index contributed by atoms with van der Waals surface area (Å²) >= 11 is 1.84. The van der Waals surface area contributed by atoms with Crippen LogP contribution in [0.5, 0.6) is 0 Å². The molecule has 1 N–H and O–H groups in total. The second-order valence-corrected chi connectivity index (χ2v) is 8.71. The van der Waals surface area contributed by atoms with Gasteiger partial charge in [0.1, 0.15) is 0 Å². The quantitative estimate of drug-likeness (QED) is 0.846. The van der Waals surface area contributed by atoms with E-state index in [9.17, 15) is 0 Å². The molecule has 1 aliphatic carbocycles. The minimum absolute atomic E-state index is 0.169. The fourth-order valence-electron chi connectivity index (χ4n) is 3.29. The molecule has 1 heterocycles. The number of rotatable bonds is 5. The Morgan fingerprint density at radius 3 is 2.48 bits per heavy atom. The van der Waals surface area contributed by atoms with Gasteiger partial charge in [-0.2, -0.15) is 0 Å². The minimum atomic E-state index is 0.169. The van der Waals surface area contributed by atoms with Crippen molar-refractivity contribution in [2.24, 2.45) is 11.8 Å². The van der Waals surface area contributed by atoms with Crippen molar-refractivity contribution in [2.75, 3.05) is 6.54 Å². The van der Waals surface area contributed by atoms with Crippen LogP contribution in [0, 0.1) is 11.8 Å². The van der Waals surface area contributed by atoms with E-state index in [0.29, 0.717) is 6.04 Å². The SMILES string of the molecule is CCNC(Cc1nc(C(C)(C)C)cs1)C1CCC(C)CC1. The average molecular weight is 309 g/mol. The number of thiazole rings is 1. The average Bonchev–Trinajstić information content (AvgIpc) is 2.88. The van der Waals surface area contributed by atoms with Gasteiger partial charge < -0.3 is 5.32 Å². The van der Waals surface area contributed by atoms with Gasteiger partial charge in [-0.3, -0.25) is 0 Å². The molecule has 0 saturated heterocycles. The van der Waals surface area contributed by atoms with Crippen LogP contribution >= 0.6 is 11.3 Å². The molecule has 0 spiro atoms. The minimum Gasteiger partial charge on any atom is -0.314 e. The van der Waals surface area contributed by atoms with E-state index in [1.54, 1.807) is 0 Å². The van der Waals surface area contributed by atoms with E-state index in [1.165, 1.54) is 36.4 Å². The first-order valence-corrected chi connectivity index (χ1v) is 9.46. The maximum absolute atomic E-state index is 4.89. The summed E-state index contributed by atoms with van der Waals surface area (Å²) in [6.45, 7) is 12.4. The molecule has 1 saturated carbocycles. The first-order valence-electron chi connectivity index (χ1n) is 8.58. The highest BCUT2D eigenvalue weighted by atomic mass is 32.1. The van der Waals surface area contributed by atoms with Crippen LogP contribution in [-0.2, 0) is 11.8 Å². The topological polar surface area (TPSA) is 24.9 Å². The third-order valence-corrected chi connectivity index (χ3v) is 5.68. The van der Waals surface area contributed by atoms with Crippen molar-refractivity contribution in [1.82, 2.24) is 10.3 Å². The van der Waals surface area contributed by atoms with Crippen LogP contribution in [-0.4, -0.2) is 17.6 Å². The van der Waals surface area contributed by atoms with Crippen molar-refractivity contribution < 1.29 is 0 Å². The molecular weight excluding hydrogens is 276 g/mol. The molecule has 0 radical (unpaired) electrons. The number of hydrogen-bond acceptors (Lipinski definition) is 3. The molecule has 0 amide bonds. The second-order valence-electron chi connectivity index (χ2n) is 7.76. The van der Waals surface area contributed by atoms with E-state index in [1.807, 2.05) is 11.3 Å². The zero-order valence-electron chi connectivity index (χ0n) is 14.4. The highest BCUT2D eigenvalue weighted by Crippen LogP contribution is 2.32. The normalized spacial score (nSPS) is 25.0. The third kappa shape index (κ3) is 4.79. The summed E-state index contributed by atoms with van der Waals surface area (Å²) in [7, 11) is 0. The summed E-state index contributed by atoms with van der Waals surface area (Å²) in [5.74, 6) is 1.76. The predicted molar refractivity (Wildman–Crippen MR) is 93.1 cm³/mol. The van der Waals surface area contributed by atoms with Gasteiger partial charge in [0.2, 0.25) is 0 Å². The number of nitrogens with one attached hydrogen (secondary N) is 1. The first-order chi connectivity index (χ1) is 9.90. The lowest BCUT2D eigenvalue weighted by Crippen LogP contribution is -2.39. The van der Waals surface area contributed by atoms with Crippen LogP contribution in [0.15, 0.2) is 5.38 Å². The predicted octanol–water partition coefficient (Wildman–Crippen LogP) is 4.79. The van der Waals surface area contributed by atoms with E-state index < -0.39 is 0 Å². The van der Waals surface area contributed by atoms with Crippen molar-refractivity contribution in [2.45, 2.75) is 78.2 Å². The van der Waals surface area contributed by atoms with Crippen molar-refractivity contribution in [1.29, 1.82) is 0 Å². The molecule has 2 nitrogen and oxygen atoms in total. The lowest BCUT2D eigenvalue weighted by Gasteiger charge is -2.33. The Kier molecular flexibility index (Phi) is 5.84. The van der Waals surface area contributed by atoms with Gasteiger partial charge in [-0.25, -0.2) is 4.98 Å². The van der Waals surface area contributed by atoms with Crippen molar-refractivity contribution in [3.8, 4) is 0 Å². The van der Waals surface area contributed by atoms with Gasteiger partial charge in [0.25, 0.3) is 0 Å². The van der Waals surface area contributed by atoms with E-state index in [4.69, 9.17) is 4.98 Å². The molecule has 0 aliphatic heterocycles.